The van der Waals surface area contributed by atoms with Crippen molar-refractivity contribution in [2.24, 2.45) is 0 Å². The number of halogens is 1. The Morgan fingerprint density at radius 1 is 1.25 bits per heavy atom. The van der Waals surface area contributed by atoms with Gasteiger partial charge in [0.1, 0.15) is 5.00 Å². The summed E-state index contributed by atoms with van der Waals surface area (Å²) in [5.41, 5.74) is 0.902. The molecule has 0 atom stereocenters. The molecule has 2 rings (SSSR count). The van der Waals surface area contributed by atoms with E-state index in [2.05, 4.69) is 21.2 Å². The van der Waals surface area contributed by atoms with Gasteiger partial charge in [0.2, 0.25) is 0 Å². The van der Waals surface area contributed by atoms with Crippen LogP contribution >= 0.6 is 27.3 Å². The van der Waals surface area contributed by atoms with Crippen molar-refractivity contribution in [3.63, 3.8) is 0 Å². The summed E-state index contributed by atoms with van der Waals surface area (Å²) < 4.78 is 5.84. The standard InChI is InChI=1S/C14H12BrNO3S/c1-2-19-14(18)11-7-8-20-13(11)16-12(17)9-3-5-10(15)6-4-9/h3-8H,2H2,1H3,(H,16,17). The van der Waals surface area contributed by atoms with Gasteiger partial charge in [0.25, 0.3) is 5.91 Å². The van der Waals surface area contributed by atoms with Crippen LogP contribution in [-0.2, 0) is 4.74 Å². The molecule has 20 heavy (non-hydrogen) atoms. The number of hydrogen-bond acceptors (Lipinski definition) is 4. The molecule has 0 aliphatic carbocycles. The number of carbonyl (C=O) groups excluding carboxylic acids is 2. The lowest BCUT2D eigenvalue weighted by atomic mass is 10.2. The molecule has 0 aliphatic heterocycles. The van der Waals surface area contributed by atoms with E-state index >= 15 is 0 Å². The van der Waals surface area contributed by atoms with Gasteiger partial charge in [0.15, 0.2) is 0 Å². The van der Waals surface area contributed by atoms with E-state index in [4.69, 9.17) is 4.74 Å². The number of nitrogens with one attached hydrogen (secondary N) is 1. The summed E-state index contributed by atoms with van der Waals surface area (Å²) in [6.07, 6.45) is 0. The lowest BCUT2D eigenvalue weighted by Gasteiger charge is -2.06. The molecular formula is C14H12BrNO3S. The Hall–Kier alpha value is -1.66. The molecule has 1 amide bonds. The Bertz CT molecular complexity index is 622. The molecule has 1 aromatic carbocycles. The third-order valence-electron chi connectivity index (χ3n) is 2.49. The van der Waals surface area contributed by atoms with Gasteiger partial charge >= 0.3 is 5.97 Å². The number of hydrogen-bond donors (Lipinski definition) is 1. The van der Waals surface area contributed by atoms with Crippen LogP contribution < -0.4 is 5.32 Å². The van der Waals surface area contributed by atoms with Crippen molar-refractivity contribution < 1.29 is 14.3 Å². The third-order valence-corrected chi connectivity index (χ3v) is 3.85. The lowest BCUT2D eigenvalue weighted by molar-refractivity contribution is 0.0528. The highest BCUT2D eigenvalue weighted by Crippen LogP contribution is 2.25. The fraction of sp³-hybridized carbons (Fsp3) is 0.143. The molecule has 0 fully saturated rings. The first-order chi connectivity index (χ1) is 9.61. The summed E-state index contributed by atoms with van der Waals surface area (Å²) in [5, 5.41) is 4.97. The summed E-state index contributed by atoms with van der Waals surface area (Å²) in [7, 11) is 0. The molecule has 0 aliphatic rings. The van der Waals surface area contributed by atoms with E-state index in [1.165, 1.54) is 11.3 Å². The predicted molar refractivity (Wildman–Crippen MR) is 82.4 cm³/mol. The van der Waals surface area contributed by atoms with Crippen molar-refractivity contribution in [2.75, 3.05) is 11.9 Å². The van der Waals surface area contributed by atoms with Gasteiger partial charge in [-0.25, -0.2) is 4.79 Å². The average molecular weight is 354 g/mol. The third kappa shape index (κ3) is 3.46. The molecule has 1 N–H and O–H groups in total. The van der Waals surface area contributed by atoms with E-state index in [1.807, 2.05) is 0 Å². The van der Waals surface area contributed by atoms with E-state index < -0.39 is 5.97 Å². The smallest absolute Gasteiger partial charge is 0.341 e. The van der Waals surface area contributed by atoms with Gasteiger partial charge in [-0.3, -0.25) is 4.79 Å². The van der Waals surface area contributed by atoms with Crippen LogP contribution in [-0.4, -0.2) is 18.5 Å². The van der Waals surface area contributed by atoms with Crippen LogP contribution in [0.1, 0.15) is 27.6 Å². The van der Waals surface area contributed by atoms with Crippen LogP contribution in [0.5, 0.6) is 0 Å². The van der Waals surface area contributed by atoms with Crippen LogP contribution in [0.15, 0.2) is 40.2 Å². The zero-order valence-corrected chi connectivity index (χ0v) is 13.1. The first kappa shape index (κ1) is 14.7. The minimum atomic E-state index is -0.431. The van der Waals surface area contributed by atoms with E-state index in [0.717, 1.165) is 4.47 Å². The van der Waals surface area contributed by atoms with Gasteiger partial charge in [0.05, 0.1) is 12.2 Å². The Labute approximate surface area is 128 Å². The number of esters is 1. The highest BCUT2D eigenvalue weighted by Gasteiger charge is 2.16. The Balaban J connectivity index is 2.14. The van der Waals surface area contributed by atoms with Crippen LogP contribution in [0.25, 0.3) is 0 Å². The number of thiophene rings is 1. The first-order valence-electron chi connectivity index (χ1n) is 5.93. The molecule has 0 saturated carbocycles. The molecule has 0 bridgehead atoms. The molecular weight excluding hydrogens is 342 g/mol. The largest absolute Gasteiger partial charge is 0.462 e. The average Bonchev–Trinajstić information content (AvgIpc) is 2.88. The van der Waals surface area contributed by atoms with Crippen molar-refractivity contribution >= 4 is 44.1 Å². The van der Waals surface area contributed by atoms with E-state index in [0.29, 0.717) is 22.7 Å². The van der Waals surface area contributed by atoms with Crippen molar-refractivity contribution in [1.29, 1.82) is 0 Å². The Morgan fingerprint density at radius 3 is 2.60 bits per heavy atom. The molecule has 4 nitrogen and oxygen atoms in total. The van der Waals surface area contributed by atoms with Crippen molar-refractivity contribution in [2.45, 2.75) is 6.92 Å². The predicted octanol–water partition coefficient (Wildman–Crippen LogP) is 3.94. The number of ether oxygens (including phenoxy) is 1. The molecule has 104 valence electrons. The van der Waals surface area contributed by atoms with Crippen LogP contribution in [0.3, 0.4) is 0 Å². The van der Waals surface area contributed by atoms with Crippen molar-refractivity contribution in [3.05, 3.63) is 51.3 Å². The van der Waals surface area contributed by atoms with Crippen LogP contribution in [0, 0.1) is 0 Å². The monoisotopic (exact) mass is 353 g/mol. The number of amides is 1. The summed E-state index contributed by atoms with van der Waals surface area (Å²) >= 11 is 4.60. The Kier molecular flexibility index (Phi) is 4.92. The molecule has 0 saturated heterocycles. The zero-order valence-electron chi connectivity index (χ0n) is 10.7. The molecule has 1 aromatic heterocycles. The second-order valence-electron chi connectivity index (χ2n) is 3.84. The second kappa shape index (κ2) is 6.67. The quantitative estimate of drug-likeness (QED) is 0.847. The van der Waals surface area contributed by atoms with Crippen molar-refractivity contribution in [1.82, 2.24) is 0 Å². The fourth-order valence-corrected chi connectivity index (χ4v) is 2.59. The number of anilines is 1. The highest BCUT2D eigenvalue weighted by molar-refractivity contribution is 9.10. The molecule has 2 aromatic rings. The maximum absolute atomic E-state index is 12.1. The minimum absolute atomic E-state index is 0.259. The minimum Gasteiger partial charge on any atom is -0.462 e. The molecule has 0 radical (unpaired) electrons. The normalized spacial score (nSPS) is 10.1. The number of carbonyl (C=O) groups is 2. The molecule has 6 heteroatoms. The summed E-state index contributed by atoms with van der Waals surface area (Å²) in [6.45, 7) is 2.04. The van der Waals surface area contributed by atoms with Crippen LogP contribution in [0.4, 0.5) is 5.00 Å². The van der Waals surface area contributed by atoms with Gasteiger partial charge in [-0.05, 0) is 42.6 Å². The Morgan fingerprint density at radius 2 is 1.95 bits per heavy atom. The van der Waals surface area contributed by atoms with Gasteiger partial charge in [-0.1, -0.05) is 15.9 Å². The van der Waals surface area contributed by atoms with Gasteiger partial charge in [-0.2, -0.15) is 0 Å². The summed E-state index contributed by atoms with van der Waals surface area (Å²) in [5.74, 6) is -0.689. The highest BCUT2D eigenvalue weighted by atomic mass is 79.9. The van der Waals surface area contributed by atoms with E-state index in [1.54, 1.807) is 42.6 Å². The second-order valence-corrected chi connectivity index (χ2v) is 5.68. The number of rotatable bonds is 4. The molecule has 1 heterocycles. The number of benzene rings is 1. The van der Waals surface area contributed by atoms with Crippen LogP contribution in [0.2, 0.25) is 0 Å². The van der Waals surface area contributed by atoms with Crippen molar-refractivity contribution in [3.8, 4) is 0 Å². The maximum atomic E-state index is 12.1. The van der Waals surface area contributed by atoms with E-state index in [9.17, 15) is 9.59 Å². The summed E-state index contributed by atoms with van der Waals surface area (Å²) in [4.78, 5) is 23.8. The lowest BCUT2D eigenvalue weighted by Crippen LogP contribution is -2.14. The summed E-state index contributed by atoms with van der Waals surface area (Å²) in [6, 6.07) is 8.62. The first-order valence-corrected chi connectivity index (χ1v) is 7.60. The zero-order chi connectivity index (χ0) is 14.5. The fourth-order valence-electron chi connectivity index (χ4n) is 1.55. The van der Waals surface area contributed by atoms with Gasteiger partial charge in [-0.15, -0.1) is 11.3 Å². The molecule has 0 unspecified atom stereocenters. The van der Waals surface area contributed by atoms with E-state index in [-0.39, 0.29) is 5.91 Å². The topological polar surface area (TPSA) is 55.4 Å². The van der Waals surface area contributed by atoms with Gasteiger partial charge < -0.3 is 10.1 Å². The maximum Gasteiger partial charge on any atom is 0.341 e. The van der Waals surface area contributed by atoms with Gasteiger partial charge in [0, 0.05) is 10.0 Å². The SMILES string of the molecule is CCOC(=O)c1ccsc1NC(=O)c1ccc(Br)cc1. The molecule has 0 spiro atoms.